The van der Waals surface area contributed by atoms with Gasteiger partial charge in [0.05, 0.1) is 22.7 Å². The molecular weight excluding hydrogens is 225 g/mol. The molecule has 0 aliphatic heterocycles. The van der Waals surface area contributed by atoms with Gasteiger partial charge in [-0.05, 0) is 23.2 Å². The van der Waals surface area contributed by atoms with Crippen LogP contribution in [-0.4, -0.2) is 11.7 Å². The second kappa shape index (κ2) is 5.08. The van der Waals surface area contributed by atoms with Crippen LogP contribution in [0, 0.1) is 0 Å². The van der Waals surface area contributed by atoms with E-state index in [4.69, 9.17) is 33.8 Å². The van der Waals surface area contributed by atoms with E-state index in [9.17, 15) is 0 Å². The van der Waals surface area contributed by atoms with Gasteiger partial charge in [-0.1, -0.05) is 34.4 Å². The van der Waals surface area contributed by atoms with Crippen molar-refractivity contribution in [2.45, 2.75) is 6.04 Å². The number of azide groups is 1. The monoisotopic (exact) mass is 231 g/mol. The summed E-state index contributed by atoms with van der Waals surface area (Å²) in [4.78, 5) is 2.62. The summed E-state index contributed by atoms with van der Waals surface area (Å²) in [6.07, 6.45) is 0. The maximum absolute atomic E-state index is 8.93. The molecule has 0 aliphatic carbocycles. The molecule has 0 fully saturated rings. The fourth-order valence-corrected chi connectivity index (χ4v) is 1.30. The van der Waals surface area contributed by atoms with Crippen molar-refractivity contribution >= 4 is 23.2 Å². The fraction of sp³-hybridized carbons (Fsp3) is 0.250. The molecular formula is C8H7Cl2N3O. The van der Waals surface area contributed by atoms with Crippen LogP contribution < -0.4 is 0 Å². The third-order valence-electron chi connectivity index (χ3n) is 1.69. The van der Waals surface area contributed by atoms with Gasteiger partial charge in [0.1, 0.15) is 0 Å². The molecule has 14 heavy (non-hydrogen) atoms. The summed E-state index contributed by atoms with van der Waals surface area (Å²) in [5.74, 6) is 0. The van der Waals surface area contributed by atoms with Gasteiger partial charge in [0.25, 0.3) is 0 Å². The Labute approximate surface area is 90.7 Å². The Bertz CT molecular complexity index is 377. The lowest BCUT2D eigenvalue weighted by atomic mass is 10.1. The SMILES string of the molecule is [N-]=[N+]=NC(CO)c1ccc(Cl)c(Cl)c1. The van der Waals surface area contributed by atoms with Gasteiger partial charge in [-0.25, -0.2) is 0 Å². The number of halogens is 2. The summed E-state index contributed by atoms with van der Waals surface area (Å²) in [6.45, 7) is -0.262. The molecule has 1 atom stereocenters. The van der Waals surface area contributed by atoms with E-state index in [1.807, 2.05) is 0 Å². The highest BCUT2D eigenvalue weighted by Crippen LogP contribution is 2.26. The van der Waals surface area contributed by atoms with Crippen LogP contribution in [0.5, 0.6) is 0 Å². The molecule has 0 heterocycles. The van der Waals surface area contributed by atoms with Gasteiger partial charge in [-0.15, -0.1) is 0 Å². The number of benzene rings is 1. The number of aliphatic hydroxyl groups excluding tert-OH is 1. The molecule has 6 heteroatoms. The normalized spacial score (nSPS) is 11.9. The average Bonchev–Trinajstić information content (AvgIpc) is 2.19. The van der Waals surface area contributed by atoms with Crippen molar-refractivity contribution in [2.75, 3.05) is 6.61 Å². The maximum atomic E-state index is 8.93. The topological polar surface area (TPSA) is 69.0 Å². The summed E-state index contributed by atoms with van der Waals surface area (Å²) in [5, 5.41) is 13.1. The Morgan fingerprint density at radius 1 is 1.43 bits per heavy atom. The minimum Gasteiger partial charge on any atom is -0.396 e. The summed E-state index contributed by atoms with van der Waals surface area (Å²) in [6, 6.07) is 4.20. The van der Waals surface area contributed by atoms with Crippen LogP contribution in [0.1, 0.15) is 11.6 Å². The van der Waals surface area contributed by atoms with Crippen molar-refractivity contribution in [1.29, 1.82) is 0 Å². The van der Waals surface area contributed by atoms with E-state index in [1.54, 1.807) is 18.2 Å². The summed E-state index contributed by atoms with van der Waals surface area (Å²) in [5.41, 5.74) is 8.88. The van der Waals surface area contributed by atoms with Crippen molar-refractivity contribution in [3.8, 4) is 0 Å². The van der Waals surface area contributed by atoms with E-state index in [2.05, 4.69) is 10.0 Å². The smallest absolute Gasteiger partial charge is 0.0856 e. The lowest BCUT2D eigenvalue weighted by Crippen LogP contribution is -1.99. The highest BCUT2D eigenvalue weighted by atomic mass is 35.5. The first-order valence-corrected chi connectivity index (χ1v) is 4.54. The Hall–Kier alpha value is -0.930. The van der Waals surface area contributed by atoms with Crippen LogP contribution in [0.25, 0.3) is 10.4 Å². The molecule has 1 unspecified atom stereocenters. The van der Waals surface area contributed by atoms with Crippen molar-refractivity contribution in [3.05, 3.63) is 44.3 Å². The highest BCUT2D eigenvalue weighted by Gasteiger charge is 2.09. The summed E-state index contributed by atoms with van der Waals surface area (Å²) < 4.78 is 0. The Morgan fingerprint density at radius 2 is 2.14 bits per heavy atom. The molecule has 0 aromatic heterocycles. The quantitative estimate of drug-likeness (QED) is 0.484. The molecule has 74 valence electrons. The largest absolute Gasteiger partial charge is 0.396 e. The van der Waals surface area contributed by atoms with Crippen molar-refractivity contribution in [1.82, 2.24) is 0 Å². The zero-order valence-corrected chi connectivity index (χ0v) is 8.57. The van der Waals surface area contributed by atoms with Gasteiger partial charge in [-0.2, -0.15) is 0 Å². The van der Waals surface area contributed by atoms with Gasteiger partial charge in [0.2, 0.25) is 0 Å². The summed E-state index contributed by atoms with van der Waals surface area (Å²) >= 11 is 11.5. The molecule has 1 aromatic rings. The Morgan fingerprint density at radius 3 is 2.64 bits per heavy atom. The van der Waals surface area contributed by atoms with Crippen molar-refractivity contribution < 1.29 is 5.11 Å². The van der Waals surface area contributed by atoms with Crippen LogP contribution in [0.15, 0.2) is 23.3 Å². The number of aliphatic hydroxyl groups is 1. The average molecular weight is 232 g/mol. The molecule has 0 saturated carbocycles. The van der Waals surface area contributed by atoms with Crippen molar-refractivity contribution in [2.24, 2.45) is 5.11 Å². The van der Waals surface area contributed by atoms with E-state index in [-0.39, 0.29) is 6.61 Å². The van der Waals surface area contributed by atoms with E-state index in [0.29, 0.717) is 15.6 Å². The Balaban J connectivity index is 3.05. The van der Waals surface area contributed by atoms with Crippen LogP contribution in [0.3, 0.4) is 0 Å². The molecule has 4 nitrogen and oxygen atoms in total. The zero-order chi connectivity index (χ0) is 10.6. The minimum atomic E-state index is -0.616. The lowest BCUT2D eigenvalue weighted by Gasteiger charge is -2.08. The molecule has 0 saturated heterocycles. The summed E-state index contributed by atoms with van der Waals surface area (Å²) in [7, 11) is 0. The van der Waals surface area contributed by atoms with Gasteiger partial charge >= 0.3 is 0 Å². The first-order valence-electron chi connectivity index (χ1n) is 3.79. The van der Waals surface area contributed by atoms with Gasteiger partial charge in [0.15, 0.2) is 0 Å². The van der Waals surface area contributed by atoms with Gasteiger partial charge in [0, 0.05) is 4.91 Å². The molecule has 0 spiro atoms. The third-order valence-corrected chi connectivity index (χ3v) is 2.43. The molecule has 0 radical (unpaired) electrons. The van der Waals surface area contributed by atoms with E-state index < -0.39 is 6.04 Å². The van der Waals surface area contributed by atoms with Crippen LogP contribution in [0.4, 0.5) is 0 Å². The third kappa shape index (κ3) is 2.53. The standard InChI is InChI=1S/C8H7Cl2N3O/c9-6-2-1-5(3-7(6)10)8(4-14)12-13-11/h1-3,8,14H,4H2. The number of hydrogen-bond acceptors (Lipinski definition) is 2. The molecule has 0 aliphatic rings. The molecule has 1 rings (SSSR count). The van der Waals surface area contributed by atoms with E-state index in [0.717, 1.165) is 0 Å². The van der Waals surface area contributed by atoms with E-state index in [1.165, 1.54) is 0 Å². The molecule has 0 amide bonds. The van der Waals surface area contributed by atoms with Crippen LogP contribution in [-0.2, 0) is 0 Å². The van der Waals surface area contributed by atoms with Crippen LogP contribution in [0.2, 0.25) is 10.0 Å². The van der Waals surface area contributed by atoms with Crippen LogP contribution >= 0.6 is 23.2 Å². The number of hydrogen-bond donors (Lipinski definition) is 1. The fourth-order valence-electron chi connectivity index (χ4n) is 0.991. The molecule has 1 aromatic carbocycles. The molecule has 0 bridgehead atoms. The first kappa shape index (κ1) is 11.1. The molecule has 1 N–H and O–H groups in total. The highest BCUT2D eigenvalue weighted by molar-refractivity contribution is 6.42. The predicted molar refractivity (Wildman–Crippen MR) is 55.4 cm³/mol. The first-order chi connectivity index (χ1) is 6.69. The minimum absolute atomic E-state index is 0.262. The maximum Gasteiger partial charge on any atom is 0.0856 e. The Kier molecular flexibility index (Phi) is 4.04. The van der Waals surface area contributed by atoms with Crippen molar-refractivity contribution in [3.63, 3.8) is 0 Å². The predicted octanol–water partition coefficient (Wildman–Crippen LogP) is 3.34. The second-order valence-corrected chi connectivity index (χ2v) is 3.39. The van der Waals surface area contributed by atoms with E-state index >= 15 is 0 Å². The number of nitrogens with zero attached hydrogens (tertiary/aromatic N) is 3. The number of rotatable bonds is 3. The second-order valence-electron chi connectivity index (χ2n) is 2.58. The zero-order valence-electron chi connectivity index (χ0n) is 7.06. The van der Waals surface area contributed by atoms with Gasteiger partial charge < -0.3 is 5.11 Å². The van der Waals surface area contributed by atoms with Gasteiger partial charge in [-0.3, -0.25) is 0 Å². The lowest BCUT2D eigenvalue weighted by molar-refractivity contribution is 0.268.